The molecular formula is C71H50N6OPt-2. The summed E-state index contributed by atoms with van der Waals surface area (Å²) in [4.78, 5) is 5.21. The summed E-state index contributed by atoms with van der Waals surface area (Å²) in [5, 5.41) is 6.97. The molecule has 8 heteroatoms. The van der Waals surface area contributed by atoms with Gasteiger partial charge in [0.1, 0.15) is 5.82 Å². The van der Waals surface area contributed by atoms with Crippen molar-refractivity contribution in [1.29, 1.82) is 0 Å². The van der Waals surface area contributed by atoms with Crippen LogP contribution in [0.2, 0.25) is 0 Å². The molecule has 7 nitrogen and oxygen atoms in total. The van der Waals surface area contributed by atoms with Gasteiger partial charge in [-0.05, 0) is 80.7 Å². The number of ether oxygens (including phenoxy) is 1. The molecule has 382 valence electrons. The van der Waals surface area contributed by atoms with Gasteiger partial charge in [0, 0.05) is 78.6 Å². The second-order valence-electron chi connectivity index (χ2n) is 21.2. The summed E-state index contributed by atoms with van der Waals surface area (Å²) < 4.78 is 18.4. The average Bonchev–Trinajstić information content (AvgIpc) is 3.16. The quantitative estimate of drug-likeness (QED) is 0.112. The maximum absolute atomic E-state index is 6.97. The molecule has 0 unspecified atom stereocenters. The van der Waals surface area contributed by atoms with Crippen molar-refractivity contribution in [2.75, 3.05) is 0 Å². The van der Waals surface area contributed by atoms with Crippen LogP contribution >= 0.6 is 0 Å². The summed E-state index contributed by atoms with van der Waals surface area (Å²) >= 11 is 0. The molecule has 0 aliphatic carbocycles. The van der Waals surface area contributed by atoms with Crippen molar-refractivity contribution in [1.82, 2.24) is 23.3 Å². The van der Waals surface area contributed by atoms with Crippen LogP contribution in [0.1, 0.15) is 26.3 Å². The van der Waals surface area contributed by atoms with Crippen LogP contribution in [0.5, 0.6) is 11.5 Å². The fourth-order valence-corrected chi connectivity index (χ4v) is 12.1. The zero-order chi connectivity index (χ0) is 52.2. The Kier molecular flexibility index (Phi) is 11.4. The summed E-state index contributed by atoms with van der Waals surface area (Å²) in [7, 11) is 2.20. The molecule has 15 aromatic rings. The molecule has 0 fully saturated rings. The van der Waals surface area contributed by atoms with Gasteiger partial charge in [-0.15, -0.1) is 24.3 Å². The average molecular weight is 1200 g/mol. The number of fused-ring (bicyclic) bond motifs is 13. The molecule has 0 aliphatic heterocycles. The molecule has 0 bridgehead atoms. The van der Waals surface area contributed by atoms with Crippen LogP contribution in [0.25, 0.3) is 122 Å². The third kappa shape index (κ3) is 7.59. The SMILES string of the molecule is Cn1c2ccccc2c2c3c4ccccc4n(-c4ccccc4)c3c3c4ccc(Oc5[c-]c(-[n+]6[c-]n(-c7c(-c8ccccc8)cccc7-c7ccccc7)c7ccccc76)ccc5)[c-]c4n(-c4cc(C(C)(C)C)ccn4)c3c21.[Pt]. The van der Waals surface area contributed by atoms with Crippen molar-refractivity contribution in [3.63, 3.8) is 0 Å². The summed E-state index contributed by atoms with van der Waals surface area (Å²) in [5.74, 6) is 1.92. The minimum Gasteiger partial charge on any atom is -0.510 e. The number of nitrogens with zero attached hydrogens (tertiary/aromatic N) is 6. The van der Waals surface area contributed by atoms with Crippen LogP contribution < -0.4 is 9.30 Å². The number of rotatable bonds is 8. The molecule has 0 spiro atoms. The first-order chi connectivity index (χ1) is 38.3. The number of aromatic nitrogens is 6. The maximum atomic E-state index is 6.97. The largest absolute Gasteiger partial charge is 0.510 e. The molecule has 5 heterocycles. The zero-order valence-corrected chi connectivity index (χ0v) is 46.1. The molecule has 79 heavy (non-hydrogen) atoms. The first-order valence-corrected chi connectivity index (χ1v) is 26.5. The second-order valence-corrected chi connectivity index (χ2v) is 21.2. The van der Waals surface area contributed by atoms with E-state index in [9.17, 15) is 0 Å². The standard InChI is InChI=1S/C71H50N6O.Pt/c1-71(2,3)48-40-41-72-63(42-48)77-62-44-52(38-39-57(62)66-68-64(65-55-30-14-16-34-58(55)73(4)69(65)70(66)77)56-31-15-17-35-59(56)76(68)49-26-12-7-13-27-49)78-51-29-20-28-50(43-51)74-45-75(61-37-19-18-36-60(61)74)67-53(46-22-8-5-9-23-46)32-21-33-54(67)47-24-10-6-11-25-47;/h5-42H,1-4H3;/q-2;. The van der Waals surface area contributed by atoms with Crippen molar-refractivity contribution in [2.24, 2.45) is 7.05 Å². The van der Waals surface area contributed by atoms with Gasteiger partial charge < -0.3 is 23.0 Å². The van der Waals surface area contributed by atoms with Crippen molar-refractivity contribution < 1.29 is 30.4 Å². The van der Waals surface area contributed by atoms with Crippen LogP contribution in [0.15, 0.2) is 231 Å². The maximum Gasteiger partial charge on any atom is 0.268 e. The van der Waals surface area contributed by atoms with E-state index in [-0.39, 0.29) is 26.5 Å². The van der Waals surface area contributed by atoms with Gasteiger partial charge in [0.2, 0.25) is 0 Å². The Morgan fingerprint density at radius 1 is 0.494 bits per heavy atom. The second kappa shape index (κ2) is 18.7. The first-order valence-electron chi connectivity index (χ1n) is 26.5. The first kappa shape index (κ1) is 48.1. The van der Waals surface area contributed by atoms with Crippen molar-refractivity contribution >= 4 is 76.5 Å². The van der Waals surface area contributed by atoms with E-state index in [0.29, 0.717) is 11.5 Å². The number of aryl methyl sites for hydroxylation is 1. The predicted molar refractivity (Wildman–Crippen MR) is 318 cm³/mol. The number of para-hydroxylation sites is 6. The molecule has 10 aromatic carbocycles. The van der Waals surface area contributed by atoms with E-state index in [4.69, 9.17) is 9.72 Å². The Hall–Kier alpha value is -9.29. The number of imidazole rings is 1. The van der Waals surface area contributed by atoms with Gasteiger partial charge in [0.25, 0.3) is 6.33 Å². The topological polar surface area (TPSA) is 45.7 Å². The molecule has 0 aliphatic rings. The van der Waals surface area contributed by atoms with Gasteiger partial charge in [-0.3, -0.25) is 4.57 Å². The van der Waals surface area contributed by atoms with Gasteiger partial charge >= 0.3 is 0 Å². The van der Waals surface area contributed by atoms with Crippen LogP contribution in [0.4, 0.5) is 0 Å². The molecular weight excluding hydrogens is 1150 g/mol. The summed E-state index contributed by atoms with van der Waals surface area (Å²) in [5.41, 5.74) is 16.9. The molecule has 0 saturated carbocycles. The summed E-state index contributed by atoms with van der Waals surface area (Å²) in [6, 6.07) is 86.8. The third-order valence-electron chi connectivity index (χ3n) is 15.6. The van der Waals surface area contributed by atoms with E-state index in [1.165, 1.54) is 27.1 Å². The van der Waals surface area contributed by atoms with E-state index in [2.05, 4.69) is 281 Å². The van der Waals surface area contributed by atoms with Crippen molar-refractivity contribution in [3.8, 4) is 56.6 Å². The molecule has 15 rings (SSSR count). The Balaban J connectivity index is 0.00000564. The molecule has 0 saturated heterocycles. The van der Waals surface area contributed by atoms with Crippen LogP contribution in [-0.4, -0.2) is 23.3 Å². The Morgan fingerprint density at radius 2 is 1.09 bits per heavy atom. The summed E-state index contributed by atoms with van der Waals surface area (Å²) in [6.45, 7) is 6.76. The minimum atomic E-state index is -0.130. The molecule has 0 atom stereocenters. The number of hydrogen-bond donors (Lipinski definition) is 0. The van der Waals surface area contributed by atoms with Gasteiger partial charge in [-0.1, -0.05) is 189 Å². The van der Waals surface area contributed by atoms with Crippen molar-refractivity contribution in [3.05, 3.63) is 255 Å². The molecule has 0 radical (unpaired) electrons. The monoisotopic (exact) mass is 1200 g/mol. The number of benzene rings is 10. The molecule has 0 amide bonds. The van der Waals surface area contributed by atoms with E-state index in [1.807, 2.05) is 18.3 Å². The normalized spacial score (nSPS) is 11.9. The smallest absolute Gasteiger partial charge is 0.268 e. The molecule has 5 aromatic heterocycles. The number of pyridine rings is 1. The predicted octanol–water partition coefficient (Wildman–Crippen LogP) is 17.0. The Labute approximate surface area is 471 Å². The zero-order valence-electron chi connectivity index (χ0n) is 43.8. The third-order valence-corrected chi connectivity index (χ3v) is 15.6. The van der Waals surface area contributed by atoms with Gasteiger partial charge in [-0.25, -0.2) is 4.98 Å². The van der Waals surface area contributed by atoms with Crippen molar-refractivity contribution in [2.45, 2.75) is 26.2 Å². The fourth-order valence-electron chi connectivity index (χ4n) is 12.1. The van der Waals surface area contributed by atoms with E-state index in [1.54, 1.807) is 0 Å². The van der Waals surface area contributed by atoms with Crippen LogP contribution in [0, 0.1) is 18.5 Å². The van der Waals surface area contributed by atoms with E-state index < -0.39 is 0 Å². The molecule has 0 N–H and O–H groups in total. The van der Waals surface area contributed by atoms with Crippen LogP contribution in [0.3, 0.4) is 0 Å². The number of hydrogen-bond acceptors (Lipinski definition) is 2. The van der Waals surface area contributed by atoms with Gasteiger partial charge in [0.15, 0.2) is 0 Å². The van der Waals surface area contributed by atoms with Gasteiger partial charge in [0.05, 0.1) is 38.8 Å². The Morgan fingerprint density at radius 3 is 1.80 bits per heavy atom. The minimum absolute atomic E-state index is 0. The van der Waals surface area contributed by atoms with Crippen LogP contribution in [-0.2, 0) is 33.5 Å². The van der Waals surface area contributed by atoms with E-state index >= 15 is 0 Å². The fraction of sp³-hybridized carbons (Fsp3) is 0.0704. The Bertz CT molecular complexity index is 4810. The summed E-state index contributed by atoms with van der Waals surface area (Å²) in [6.07, 6.45) is 5.75. The van der Waals surface area contributed by atoms with Gasteiger partial charge in [-0.2, -0.15) is 18.2 Å². The van der Waals surface area contributed by atoms with E-state index in [0.717, 1.165) is 100 Å².